The number of thioether (sulfide) groups is 1. The van der Waals surface area contributed by atoms with Crippen molar-refractivity contribution in [1.29, 1.82) is 0 Å². The molecule has 1 aliphatic rings. The standard InChI is InChI=1S/C26H25FN2O2S/c1-18-7-5-6-10-22(18)25(31)29-23(17-32-26(29)20-11-13-21(27)14-12-20)24(30)28-16-15-19-8-3-2-4-9-19/h2-14,23,26H,15-17H2,1H3,(H,28,30). The van der Waals surface area contributed by atoms with E-state index in [-0.39, 0.29) is 23.0 Å². The maximum absolute atomic E-state index is 13.6. The molecule has 0 radical (unpaired) electrons. The lowest BCUT2D eigenvalue weighted by atomic mass is 10.1. The Hall–Kier alpha value is -3.12. The first-order chi connectivity index (χ1) is 15.5. The monoisotopic (exact) mass is 448 g/mol. The Balaban J connectivity index is 1.56. The van der Waals surface area contributed by atoms with Gasteiger partial charge in [0.05, 0.1) is 0 Å². The molecule has 0 aromatic heterocycles. The molecule has 1 saturated heterocycles. The highest BCUT2D eigenvalue weighted by molar-refractivity contribution is 7.99. The maximum atomic E-state index is 13.6. The van der Waals surface area contributed by atoms with Gasteiger partial charge in [0.2, 0.25) is 5.91 Å². The van der Waals surface area contributed by atoms with E-state index < -0.39 is 6.04 Å². The highest BCUT2D eigenvalue weighted by Gasteiger charge is 2.42. The molecule has 6 heteroatoms. The van der Waals surface area contributed by atoms with Crippen LogP contribution in [0.3, 0.4) is 0 Å². The molecule has 3 aromatic rings. The Morgan fingerprint density at radius 2 is 1.69 bits per heavy atom. The number of nitrogens with zero attached hydrogens (tertiary/aromatic N) is 1. The Morgan fingerprint density at radius 1 is 1.00 bits per heavy atom. The smallest absolute Gasteiger partial charge is 0.256 e. The summed E-state index contributed by atoms with van der Waals surface area (Å²) < 4.78 is 13.5. The van der Waals surface area contributed by atoms with Crippen molar-refractivity contribution in [3.8, 4) is 0 Å². The molecule has 1 N–H and O–H groups in total. The molecular formula is C26H25FN2O2S. The van der Waals surface area contributed by atoms with Crippen LogP contribution < -0.4 is 5.32 Å². The lowest BCUT2D eigenvalue weighted by Crippen LogP contribution is -2.48. The quantitative estimate of drug-likeness (QED) is 0.592. The molecule has 0 aliphatic carbocycles. The highest BCUT2D eigenvalue weighted by Crippen LogP contribution is 2.42. The van der Waals surface area contributed by atoms with Gasteiger partial charge in [-0.05, 0) is 48.2 Å². The van der Waals surface area contributed by atoms with Crippen LogP contribution >= 0.6 is 11.8 Å². The van der Waals surface area contributed by atoms with Crippen molar-refractivity contribution in [3.05, 3.63) is 107 Å². The predicted molar refractivity (Wildman–Crippen MR) is 126 cm³/mol. The van der Waals surface area contributed by atoms with Crippen LogP contribution in [-0.2, 0) is 11.2 Å². The summed E-state index contributed by atoms with van der Waals surface area (Å²) in [5, 5.41) is 2.64. The van der Waals surface area contributed by atoms with Crippen molar-refractivity contribution < 1.29 is 14.0 Å². The normalized spacial score (nSPS) is 17.9. The molecule has 2 amide bonds. The number of hydrogen-bond acceptors (Lipinski definition) is 3. The Bertz CT molecular complexity index is 1090. The number of hydrogen-bond donors (Lipinski definition) is 1. The molecule has 4 rings (SSSR count). The summed E-state index contributed by atoms with van der Waals surface area (Å²) in [7, 11) is 0. The van der Waals surface area contributed by atoms with E-state index in [0.717, 1.165) is 23.1 Å². The Kier molecular flexibility index (Phi) is 6.90. The number of nitrogens with one attached hydrogen (secondary N) is 1. The molecule has 0 saturated carbocycles. The van der Waals surface area contributed by atoms with Gasteiger partial charge in [-0.3, -0.25) is 9.59 Å². The van der Waals surface area contributed by atoms with Crippen molar-refractivity contribution in [1.82, 2.24) is 10.2 Å². The summed E-state index contributed by atoms with van der Waals surface area (Å²) in [6.07, 6.45) is 0.722. The number of aryl methyl sites for hydroxylation is 1. The minimum absolute atomic E-state index is 0.167. The fourth-order valence-electron chi connectivity index (χ4n) is 3.89. The summed E-state index contributed by atoms with van der Waals surface area (Å²) in [6, 6.07) is 22.9. The first-order valence-electron chi connectivity index (χ1n) is 10.6. The second-order valence-electron chi connectivity index (χ2n) is 7.81. The van der Waals surface area contributed by atoms with Gasteiger partial charge in [0.1, 0.15) is 17.2 Å². The average Bonchev–Trinajstić information content (AvgIpc) is 3.25. The van der Waals surface area contributed by atoms with Crippen molar-refractivity contribution in [2.75, 3.05) is 12.3 Å². The van der Waals surface area contributed by atoms with E-state index in [1.165, 1.54) is 23.9 Å². The molecule has 2 unspecified atom stereocenters. The molecule has 2 atom stereocenters. The van der Waals surface area contributed by atoms with Crippen LogP contribution in [-0.4, -0.2) is 35.1 Å². The molecule has 1 aliphatic heterocycles. The fraction of sp³-hybridized carbons (Fsp3) is 0.231. The summed E-state index contributed by atoms with van der Waals surface area (Å²) in [6.45, 7) is 2.38. The van der Waals surface area contributed by atoms with Crippen LogP contribution in [0, 0.1) is 12.7 Å². The van der Waals surface area contributed by atoms with Crippen LogP contribution in [0.25, 0.3) is 0 Å². The number of amides is 2. The fourth-order valence-corrected chi connectivity index (χ4v) is 5.31. The topological polar surface area (TPSA) is 49.4 Å². The molecule has 0 spiro atoms. The van der Waals surface area contributed by atoms with Crippen LogP contribution in [0.5, 0.6) is 0 Å². The van der Waals surface area contributed by atoms with Gasteiger partial charge in [-0.15, -0.1) is 11.8 Å². The average molecular weight is 449 g/mol. The van der Waals surface area contributed by atoms with E-state index in [9.17, 15) is 14.0 Å². The zero-order chi connectivity index (χ0) is 22.5. The molecule has 1 fully saturated rings. The largest absolute Gasteiger partial charge is 0.354 e. The van der Waals surface area contributed by atoms with Crippen molar-refractivity contribution >= 4 is 23.6 Å². The first kappa shape index (κ1) is 22.1. The second-order valence-corrected chi connectivity index (χ2v) is 8.92. The third-order valence-electron chi connectivity index (χ3n) is 5.62. The third kappa shape index (κ3) is 4.86. The van der Waals surface area contributed by atoms with Gasteiger partial charge in [-0.25, -0.2) is 4.39 Å². The maximum Gasteiger partial charge on any atom is 0.256 e. The number of rotatable bonds is 6. The Labute approximate surface area is 191 Å². The summed E-state index contributed by atoms with van der Waals surface area (Å²) in [4.78, 5) is 28.4. The Morgan fingerprint density at radius 3 is 2.41 bits per heavy atom. The minimum atomic E-state index is -0.599. The van der Waals surface area contributed by atoms with Gasteiger partial charge >= 0.3 is 0 Å². The van der Waals surface area contributed by atoms with E-state index in [1.54, 1.807) is 23.1 Å². The van der Waals surface area contributed by atoms with E-state index in [1.807, 2.05) is 55.5 Å². The van der Waals surface area contributed by atoms with Crippen LogP contribution in [0.4, 0.5) is 4.39 Å². The van der Waals surface area contributed by atoms with Gasteiger partial charge in [0.25, 0.3) is 5.91 Å². The molecule has 4 nitrogen and oxygen atoms in total. The zero-order valence-electron chi connectivity index (χ0n) is 17.8. The lowest BCUT2D eigenvalue weighted by Gasteiger charge is -2.29. The molecule has 1 heterocycles. The van der Waals surface area contributed by atoms with Crippen LogP contribution in [0.1, 0.15) is 32.4 Å². The summed E-state index contributed by atoms with van der Waals surface area (Å²) >= 11 is 1.53. The highest BCUT2D eigenvalue weighted by atomic mass is 32.2. The van der Waals surface area contributed by atoms with Crippen LogP contribution in [0.2, 0.25) is 0 Å². The molecule has 164 valence electrons. The number of halogens is 1. The predicted octanol–water partition coefficient (Wildman–Crippen LogP) is 4.75. The lowest BCUT2D eigenvalue weighted by molar-refractivity contribution is -0.124. The van der Waals surface area contributed by atoms with E-state index in [0.29, 0.717) is 17.9 Å². The van der Waals surface area contributed by atoms with Crippen LogP contribution in [0.15, 0.2) is 78.9 Å². The van der Waals surface area contributed by atoms with Gasteiger partial charge in [-0.1, -0.05) is 60.7 Å². The number of carbonyl (C=O) groups is 2. The van der Waals surface area contributed by atoms with Gasteiger partial charge in [0.15, 0.2) is 0 Å². The summed E-state index contributed by atoms with van der Waals surface area (Å²) in [5.74, 6) is -0.203. The van der Waals surface area contributed by atoms with E-state index in [4.69, 9.17) is 0 Å². The molecule has 0 bridgehead atoms. The minimum Gasteiger partial charge on any atom is -0.354 e. The van der Waals surface area contributed by atoms with E-state index in [2.05, 4.69) is 5.32 Å². The molecular weight excluding hydrogens is 423 g/mol. The van der Waals surface area contributed by atoms with E-state index >= 15 is 0 Å². The number of carbonyl (C=O) groups excluding carboxylic acids is 2. The second kappa shape index (κ2) is 10.0. The summed E-state index contributed by atoms with van der Waals surface area (Å²) in [5.41, 5.74) is 3.38. The third-order valence-corrected chi connectivity index (χ3v) is 6.95. The van der Waals surface area contributed by atoms with Crippen molar-refractivity contribution in [2.45, 2.75) is 24.8 Å². The number of benzene rings is 3. The van der Waals surface area contributed by atoms with Gasteiger partial charge in [0, 0.05) is 17.9 Å². The SMILES string of the molecule is Cc1ccccc1C(=O)N1C(C(=O)NCCc2ccccc2)CSC1c1ccc(F)cc1. The van der Waals surface area contributed by atoms with Gasteiger partial charge < -0.3 is 10.2 Å². The molecule has 32 heavy (non-hydrogen) atoms. The first-order valence-corrected chi connectivity index (χ1v) is 11.7. The zero-order valence-corrected chi connectivity index (χ0v) is 18.6. The van der Waals surface area contributed by atoms with Gasteiger partial charge in [-0.2, -0.15) is 0 Å². The molecule has 3 aromatic carbocycles. The van der Waals surface area contributed by atoms with Crippen molar-refractivity contribution in [2.24, 2.45) is 0 Å². The van der Waals surface area contributed by atoms with Crippen molar-refractivity contribution in [3.63, 3.8) is 0 Å².